The molecule has 4 aromatic carbocycles. The van der Waals surface area contributed by atoms with Crippen molar-refractivity contribution >= 4 is 17.5 Å². The van der Waals surface area contributed by atoms with Gasteiger partial charge in [-0.3, -0.25) is 9.59 Å². The van der Waals surface area contributed by atoms with Crippen LogP contribution in [0.1, 0.15) is 32.6 Å². The molecule has 1 aliphatic heterocycles. The Balaban J connectivity index is 1.35. The highest BCUT2D eigenvalue weighted by atomic mass is 19.1. The van der Waals surface area contributed by atoms with Crippen molar-refractivity contribution in [2.45, 2.75) is 25.9 Å². The summed E-state index contributed by atoms with van der Waals surface area (Å²) >= 11 is 0. The zero-order valence-electron chi connectivity index (χ0n) is 21.3. The van der Waals surface area contributed by atoms with E-state index in [2.05, 4.69) is 12.1 Å². The molecule has 0 aliphatic carbocycles. The summed E-state index contributed by atoms with van der Waals surface area (Å²) in [6.45, 7) is 1.53. The average molecular weight is 509 g/mol. The Morgan fingerprint density at radius 3 is 2.39 bits per heavy atom. The Morgan fingerprint density at radius 1 is 0.868 bits per heavy atom. The third kappa shape index (κ3) is 5.75. The number of amides is 2. The number of nitrogens with zero attached hydrogens (tertiary/aromatic N) is 2. The molecule has 1 heterocycles. The van der Waals surface area contributed by atoms with Crippen LogP contribution < -0.4 is 9.64 Å². The molecule has 38 heavy (non-hydrogen) atoms. The fourth-order valence-electron chi connectivity index (χ4n) is 4.80. The molecular formula is C32H29FN2O3. The van der Waals surface area contributed by atoms with Crippen LogP contribution >= 0.6 is 0 Å². The van der Waals surface area contributed by atoms with E-state index in [1.54, 1.807) is 48.4 Å². The minimum absolute atomic E-state index is 0.0799. The predicted octanol–water partition coefficient (Wildman–Crippen LogP) is 5.81. The van der Waals surface area contributed by atoms with Gasteiger partial charge in [0, 0.05) is 24.3 Å². The van der Waals surface area contributed by atoms with Crippen LogP contribution in [0.4, 0.5) is 10.1 Å². The lowest BCUT2D eigenvalue weighted by Gasteiger charge is -2.29. The molecule has 192 valence electrons. The van der Waals surface area contributed by atoms with Gasteiger partial charge < -0.3 is 14.5 Å². The molecule has 0 radical (unpaired) electrons. The standard InChI is InChI=1S/C32H29FN2O3/c1-38-30-11-5-9-26(20-30)32(37)35(21-24-6-4-10-28(33)18-24)29-14-12-23(13-15-29)19-31(36)34-17-16-25-7-2-3-8-27(25)22-34/h2-15,18,20H,16-17,19,21-22H2,1H3. The zero-order chi connectivity index (χ0) is 26.5. The molecular weight excluding hydrogens is 479 g/mol. The number of benzene rings is 4. The highest BCUT2D eigenvalue weighted by Crippen LogP contribution is 2.24. The van der Waals surface area contributed by atoms with Gasteiger partial charge in [0.05, 0.1) is 20.1 Å². The van der Waals surface area contributed by atoms with Gasteiger partial charge in [0.2, 0.25) is 5.91 Å². The fraction of sp³-hybridized carbons (Fsp3) is 0.188. The Labute approximate surface area is 222 Å². The van der Waals surface area contributed by atoms with Gasteiger partial charge in [0.15, 0.2) is 0 Å². The van der Waals surface area contributed by atoms with Crippen molar-refractivity contribution in [2.75, 3.05) is 18.6 Å². The molecule has 0 fully saturated rings. The number of hydrogen-bond acceptors (Lipinski definition) is 3. The zero-order valence-corrected chi connectivity index (χ0v) is 21.3. The molecule has 0 bridgehead atoms. The fourth-order valence-corrected chi connectivity index (χ4v) is 4.80. The van der Waals surface area contributed by atoms with Crippen LogP contribution in [0, 0.1) is 5.82 Å². The van der Waals surface area contributed by atoms with Crippen molar-refractivity contribution in [3.8, 4) is 5.75 Å². The maximum atomic E-state index is 13.9. The summed E-state index contributed by atoms with van der Waals surface area (Å²) in [5, 5.41) is 0. The summed E-state index contributed by atoms with van der Waals surface area (Å²) < 4.78 is 19.2. The van der Waals surface area contributed by atoms with E-state index in [-0.39, 0.29) is 30.6 Å². The Hall–Kier alpha value is -4.45. The van der Waals surface area contributed by atoms with E-state index < -0.39 is 0 Å². The number of carbonyl (C=O) groups is 2. The molecule has 5 nitrogen and oxygen atoms in total. The summed E-state index contributed by atoms with van der Waals surface area (Å²) in [4.78, 5) is 30.1. The smallest absolute Gasteiger partial charge is 0.258 e. The third-order valence-corrected chi connectivity index (χ3v) is 6.88. The minimum Gasteiger partial charge on any atom is -0.497 e. The van der Waals surface area contributed by atoms with Gasteiger partial charge in [0.25, 0.3) is 5.91 Å². The Bertz CT molecular complexity index is 1450. The minimum atomic E-state index is -0.356. The summed E-state index contributed by atoms with van der Waals surface area (Å²) in [5.74, 6) is 0.0709. The van der Waals surface area contributed by atoms with Gasteiger partial charge in [-0.25, -0.2) is 4.39 Å². The SMILES string of the molecule is COc1cccc(C(=O)N(Cc2cccc(F)c2)c2ccc(CC(=O)N3CCc4ccccc4C3)cc2)c1. The monoisotopic (exact) mass is 508 g/mol. The maximum Gasteiger partial charge on any atom is 0.258 e. The van der Waals surface area contributed by atoms with E-state index in [0.29, 0.717) is 35.7 Å². The lowest BCUT2D eigenvalue weighted by molar-refractivity contribution is -0.131. The molecule has 0 N–H and O–H groups in total. The third-order valence-electron chi connectivity index (χ3n) is 6.88. The average Bonchev–Trinajstić information content (AvgIpc) is 2.96. The van der Waals surface area contributed by atoms with Crippen LogP contribution in [0.5, 0.6) is 5.75 Å². The summed E-state index contributed by atoms with van der Waals surface area (Å²) in [6.07, 6.45) is 1.15. The van der Waals surface area contributed by atoms with E-state index in [9.17, 15) is 14.0 Å². The number of rotatable bonds is 7. The Morgan fingerprint density at radius 2 is 1.63 bits per heavy atom. The van der Waals surface area contributed by atoms with Gasteiger partial charge in [-0.1, -0.05) is 54.6 Å². The topological polar surface area (TPSA) is 49.9 Å². The first-order valence-corrected chi connectivity index (χ1v) is 12.6. The first-order chi connectivity index (χ1) is 18.5. The van der Waals surface area contributed by atoms with E-state index in [4.69, 9.17) is 4.74 Å². The van der Waals surface area contributed by atoms with Gasteiger partial charge in [0.1, 0.15) is 11.6 Å². The van der Waals surface area contributed by atoms with Crippen LogP contribution in [-0.4, -0.2) is 30.4 Å². The number of fused-ring (bicyclic) bond motifs is 1. The quantitative estimate of drug-likeness (QED) is 0.317. The Kier molecular flexibility index (Phi) is 7.50. The molecule has 1 aliphatic rings. The van der Waals surface area contributed by atoms with Crippen LogP contribution in [0.2, 0.25) is 0 Å². The van der Waals surface area contributed by atoms with Crippen molar-refractivity contribution in [2.24, 2.45) is 0 Å². The normalized spacial score (nSPS) is 12.5. The maximum absolute atomic E-state index is 13.9. The molecule has 2 amide bonds. The van der Waals surface area contributed by atoms with Gasteiger partial charge in [-0.2, -0.15) is 0 Å². The predicted molar refractivity (Wildman–Crippen MR) is 146 cm³/mol. The largest absolute Gasteiger partial charge is 0.497 e. The van der Waals surface area contributed by atoms with Crippen molar-refractivity contribution in [3.05, 3.63) is 131 Å². The van der Waals surface area contributed by atoms with Crippen LogP contribution in [-0.2, 0) is 30.7 Å². The van der Waals surface area contributed by atoms with E-state index in [1.165, 1.54) is 23.3 Å². The summed E-state index contributed by atoms with van der Waals surface area (Å²) in [5.41, 5.74) is 5.17. The lowest BCUT2D eigenvalue weighted by Crippen LogP contribution is -2.36. The number of halogens is 1. The molecule has 4 aromatic rings. The molecule has 0 atom stereocenters. The van der Waals surface area contributed by atoms with Crippen molar-refractivity contribution < 1.29 is 18.7 Å². The summed E-state index contributed by atoms with van der Waals surface area (Å²) in [7, 11) is 1.55. The molecule has 0 aromatic heterocycles. The molecule has 0 unspecified atom stereocenters. The van der Waals surface area contributed by atoms with E-state index in [0.717, 1.165) is 12.0 Å². The van der Waals surface area contributed by atoms with E-state index >= 15 is 0 Å². The first kappa shape index (κ1) is 25.2. The second-order valence-corrected chi connectivity index (χ2v) is 9.43. The van der Waals surface area contributed by atoms with Crippen LogP contribution in [0.3, 0.4) is 0 Å². The second-order valence-electron chi connectivity index (χ2n) is 9.43. The number of anilines is 1. The number of hydrogen-bond donors (Lipinski definition) is 0. The summed E-state index contributed by atoms with van der Waals surface area (Å²) in [6, 6.07) is 28.9. The highest BCUT2D eigenvalue weighted by Gasteiger charge is 2.22. The molecule has 0 spiro atoms. The van der Waals surface area contributed by atoms with Crippen LogP contribution in [0.15, 0.2) is 97.1 Å². The van der Waals surface area contributed by atoms with E-state index in [1.807, 2.05) is 41.3 Å². The lowest BCUT2D eigenvalue weighted by atomic mass is 9.99. The number of ether oxygens (including phenoxy) is 1. The van der Waals surface area contributed by atoms with Crippen molar-refractivity contribution in [1.82, 2.24) is 4.90 Å². The van der Waals surface area contributed by atoms with Crippen LogP contribution in [0.25, 0.3) is 0 Å². The van der Waals surface area contributed by atoms with Crippen molar-refractivity contribution in [1.29, 1.82) is 0 Å². The molecule has 0 saturated carbocycles. The second kappa shape index (κ2) is 11.3. The van der Waals surface area contributed by atoms with Gasteiger partial charge >= 0.3 is 0 Å². The highest BCUT2D eigenvalue weighted by molar-refractivity contribution is 6.06. The number of carbonyl (C=O) groups excluding carboxylic acids is 2. The van der Waals surface area contributed by atoms with Gasteiger partial charge in [-0.05, 0) is 71.1 Å². The first-order valence-electron chi connectivity index (χ1n) is 12.6. The molecule has 5 rings (SSSR count). The van der Waals surface area contributed by atoms with Crippen molar-refractivity contribution in [3.63, 3.8) is 0 Å². The number of methoxy groups -OCH3 is 1. The molecule has 0 saturated heterocycles. The molecule has 6 heteroatoms. The van der Waals surface area contributed by atoms with Gasteiger partial charge in [-0.15, -0.1) is 0 Å².